The minimum atomic E-state index is -0.240. The Hall–Kier alpha value is -2.66. The van der Waals surface area contributed by atoms with E-state index in [0.717, 1.165) is 37.2 Å². The Balaban J connectivity index is 2.08. The SMILES string of the molecule is CCCN(CCC)CC(=O)Nc1ccccc1C(=O)Nc1cccc(C)c1. The maximum atomic E-state index is 12.7. The molecule has 0 aliphatic carbocycles. The van der Waals surface area contributed by atoms with Crippen molar-refractivity contribution in [3.05, 3.63) is 59.7 Å². The average Bonchev–Trinajstić information content (AvgIpc) is 2.62. The number of anilines is 2. The van der Waals surface area contributed by atoms with Crippen LogP contribution in [0.3, 0.4) is 0 Å². The van der Waals surface area contributed by atoms with E-state index in [1.54, 1.807) is 18.2 Å². The third-order valence-corrected chi connectivity index (χ3v) is 4.17. The predicted molar refractivity (Wildman–Crippen MR) is 111 cm³/mol. The lowest BCUT2D eigenvalue weighted by Gasteiger charge is -2.20. The van der Waals surface area contributed by atoms with E-state index in [2.05, 4.69) is 29.4 Å². The first kappa shape index (κ1) is 20.6. The van der Waals surface area contributed by atoms with E-state index in [9.17, 15) is 9.59 Å². The van der Waals surface area contributed by atoms with Gasteiger partial charge in [0.25, 0.3) is 5.91 Å². The molecule has 2 aromatic rings. The number of nitrogens with zero attached hydrogens (tertiary/aromatic N) is 1. The Labute approximate surface area is 161 Å². The zero-order chi connectivity index (χ0) is 19.6. The molecule has 0 heterocycles. The highest BCUT2D eigenvalue weighted by Crippen LogP contribution is 2.18. The molecule has 144 valence electrons. The fraction of sp³-hybridized carbons (Fsp3) is 0.364. The van der Waals surface area contributed by atoms with E-state index in [4.69, 9.17) is 0 Å². The third kappa shape index (κ3) is 6.53. The van der Waals surface area contributed by atoms with Crippen molar-refractivity contribution >= 4 is 23.2 Å². The number of amides is 2. The fourth-order valence-electron chi connectivity index (χ4n) is 3.01. The van der Waals surface area contributed by atoms with E-state index in [0.29, 0.717) is 17.8 Å². The lowest BCUT2D eigenvalue weighted by Crippen LogP contribution is -2.34. The number of hydrogen-bond donors (Lipinski definition) is 2. The molecule has 0 spiro atoms. The van der Waals surface area contributed by atoms with Crippen molar-refractivity contribution in [2.75, 3.05) is 30.3 Å². The predicted octanol–water partition coefficient (Wildman–Crippen LogP) is 4.31. The minimum absolute atomic E-state index is 0.104. The second-order valence-electron chi connectivity index (χ2n) is 6.69. The maximum Gasteiger partial charge on any atom is 0.257 e. The van der Waals surface area contributed by atoms with E-state index in [-0.39, 0.29) is 11.8 Å². The molecule has 27 heavy (non-hydrogen) atoms. The van der Waals surface area contributed by atoms with E-state index >= 15 is 0 Å². The number of benzene rings is 2. The van der Waals surface area contributed by atoms with Gasteiger partial charge in [0, 0.05) is 5.69 Å². The summed E-state index contributed by atoms with van der Waals surface area (Å²) in [5.41, 5.74) is 2.78. The molecule has 0 bridgehead atoms. The lowest BCUT2D eigenvalue weighted by molar-refractivity contribution is -0.117. The van der Waals surface area contributed by atoms with Crippen LogP contribution in [0, 0.1) is 6.92 Å². The molecule has 0 aromatic heterocycles. The van der Waals surface area contributed by atoms with E-state index in [1.165, 1.54) is 0 Å². The summed E-state index contributed by atoms with van der Waals surface area (Å²) in [5, 5.41) is 5.79. The molecule has 0 aliphatic heterocycles. The molecule has 0 unspecified atom stereocenters. The maximum absolute atomic E-state index is 12.7. The van der Waals surface area contributed by atoms with Crippen molar-refractivity contribution in [1.82, 2.24) is 4.90 Å². The van der Waals surface area contributed by atoms with Gasteiger partial charge in [-0.15, -0.1) is 0 Å². The monoisotopic (exact) mass is 367 g/mol. The first-order valence-corrected chi connectivity index (χ1v) is 9.52. The zero-order valence-corrected chi connectivity index (χ0v) is 16.4. The molecule has 2 aromatic carbocycles. The summed E-state index contributed by atoms with van der Waals surface area (Å²) < 4.78 is 0. The summed E-state index contributed by atoms with van der Waals surface area (Å²) in [7, 11) is 0. The lowest BCUT2D eigenvalue weighted by atomic mass is 10.1. The molecule has 5 nitrogen and oxygen atoms in total. The van der Waals surface area contributed by atoms with Gasteiger partial charge in [-0.3, -0.25) is 14.5 Å². The zero-order valence-electron chi connectivity index (χ0n) is 16.4. The standard InChI is InChI=1S/C22H29N3O2/c1-4-13-25(14-5-2)16-21(26)24-20-12-7-6-11-19(20)22(27)23-18-10-8-9-17(3)15-18/h6-12,15H,4-5,13-14,16H2,1-3H3,(H,23,27)(H,24,26). The van der Waals surface area contributed by atoms with Crippen LogP contribution in [0.2, 0.25) is 0 Å². The van der Waals surface area contributed by atoms with Crippen LogP contribution >= 0.6 is 0 Å². The Morgan fingerprint density at radius 3 is 2.30 bits per heavy atom. The summed E-state index contributed by atoms with van der Waals surface area (Å²) in [4.78, 5) is 27.3. The molecule has 2 amide bonds. The summed E-state index contributed by atoms with van der Waals surface area (Å²) in [6.07, 6.45) is 2.01. The molecule has 5 heteroatoms. The summed E-state index contributed by atoms with van der Waals surface area (Å²) >= 11 is 0. The normalized spacial score (nSPS) is 10.7. The van der Waals surface area contributed by atoms with E-state index in [1.807, 2.05) is 37.3 Å². The van der Waals surface area contributed by atoms with Crippen LogP contribution in [-0.2, 0) is 4.79 Å². The van der Waals surface area contributed by atoms with Crippen molar-refractivity contribution < 1.29 is 9.59 Å². The van der Waals surface area contributed by atoms with Gasteiger partial charge in [-0.25, -0.2) is 0 Å². The largest absolute Gasteiger partial charge is 0.324 e. The van der Waals surface area contributed by atoms with Gasteiger partial charge in [0.1, 0.15) is 0 Å². The molecule has 0 atom stereocenters. The minimum Gasteiger partial charge on any atom is -0.324 e. The van der Waals surface area contributed by atoms with Crippen molar-refractivity contribution in [2.45, 2.75) is 33.6 Å². The van der Waals surface area contributed by atoms with Gasteiger partial charge in [-0.05, 0) is 62.7 Å². The third-order valence-electron chi connectivity index (χ3n) is 4.17. The number of para-hydroxylation sites is 1. The van der Waals surface area contributed by atoms with Gasteiger partial charge >= 0.3 is 0 Å². The number of carbonyl (C=O) groups is 2. The Morgan fingerprint density at radius 2 is 1.63 bits per heavy atom. The molecule has 0 aliphatic rings. The van der Waals surface area contributed by atoms with Crippen LogP contribution in [0.5, 0.6) is 0 Å². The van der Waals surface area contributed by atoms with Crippen LogP contribution in [0.4, 0.5) is 11.4 Å². The molecular weight excluding hydrogens is 338 g/mol. The molecule has 0 fully saturated rings. The van der Waals surface area contributed by atoms with Crippen LogP contribution in [-0.4, -0.2) is 36.3 Å². The summed E-state index contributed by atoms with van der Waals surface area (Å²) in [6, 6.07) is 14.7. The van der Waals surface area contributed by atoms with Gasteiger partial charge < -0.3 is 10.6 Å². The fourth-order valence-corrected chi connectivity index (χ4v) is 3.01. The Kier molecular flexibility index (Phi) is 8.01. The van der Waals surface area contributed by atoms with Gasteiger partial charge in [0.05, 0.1) is 17.8 Å². The highest BCUT2D eigenvalue weighted by molar-refractivity contribution is 6.10. The van der Waals surface area contributed by atoms with Gasteiger partial charge in [-0.1, -0.05) is 38.1 Å². The van der Waals surface area contributed by atoms with Crippen LogP contribution in [0.15, 0.2) is 48.5 Å². The summed E-state index contributed by atoms with van der Waals surface area (Å²) in [6.45, 7) is 8.28. The number of nitrogens with one attached hydrogen (secondary N) is 2. The Bertz CT molecular complexity index is 768. The first-order valence-electron chi connectivity index (χ1n) is 9.52. The number of aryl methyl sites for hydroxylation is 1. The smallest absolute Gasteiger partial charge is 0.257 e. The van der Waals surface area contributed by atoms with Crippen molar-refractivity contribution in [3.63, 3.8) is 0 Å². The van der Waals surface area contributed by atoms with Crippen molar-refractivity contribution in [1.29, 1.82) is 0 Å². The molecule has 0 radical (unpaired) electrons. The number of carbonyl (C=O) groups excluding carboxylic acids is 2. The van der Waals surface area contributed by atoms with Crippen molar-refractivity contribution in [2.24, 2.45) is 0 Å². The molecular formula is C22H29N3O2. The highest BCUT2D eigenvalue weighted by atomic mass is 16.2. The summed E-state index contributed by atoms with van der Waals surface area (Å²) in [5.74, 6) is -0.344. The first-order chi connectivity index (χ1) is 13.0. The van der Waals surface area contributed by atoms with E-state index < -0.39 is 0 Å². The second-order valence-corrected chi connectivity index (χ2v) is 6.69. The number of rotatable bonds is 9. The molecule has 2 N–H and O–H groups in total. The molecule has 0 saturated carbocycles. The van der Waals surface area contributed by atoms with Crippen LogP contribution < -0.4 is 10.6 Å². The number of hydrogen-bond acceptors (Lipinski definition) is 3. The topological polar surface area (TPSA) is 61.4 Å². The average molecular weight is 367 g/mol. The second kappa shape index (κ2) is 10.5. The van der Waals surface area contributed by atoms with Crippen LogP contribution in [0.1, 0.15) is 42.6 Å². The van der Waals surface area contributed by atoms with Gasteiger partial charge in [0.2, 0.25) is 5.91 Å². The van der Waals surface area contributed by atoms with Crippen LogP contribution in [0.25, 0.3) is 0 Å². The molecule has 2 rings (SSSR count). The van der Waals surface area contributed by atoms with Gasteiger partial charge in [-0.2, -0.15) is 0 Å². The van der Waals surface area contributed by atoms with Crippen molar-refractivity contribution in [3.8, 4) is 0 Å². The quantitative estimate of drug-likeness (QED) is 0.694. The highest BCUT2D eigenvalue weighted by Gasteiger charge is 2.15. The molecule has 0 saturated heterocycles. The Morgan fingerprint density at radius 1 is 0.926 bits per heavy atom. The van der Waals surface area contributed by atoms with Gasteiger partial charge in [0.15, 0.2) is 0 Å².